The summed E-state index contributed by atoms with van der Waals surface area (Å²) in [7, 11) is 0. The van der Waals surface area contributed by atoms with Crippen molar-refractivity contribution in [3.8, 4) is 0 Å². The van der Waals surface area contributed by atoms with Crippen molar-refractivity contribution in [3.63, 3.8) is 0 Å². The second kappa shape index (κ2) is 4.27. The van der Waals surface area contributed by atoms with Crippen molar-refractivity contribution in [2.45, 2.75) is 18.2 Å². The Morgan fingerprint density at radius 1 is 1.36 bits per heavy atom. The van der Waals surface area contributed by atoms with Crippen LogP contribution in [0.4, 0.5) is 0 Å². The molecule has 0 aliphatic rings. The third kappa shape index (κ3) is 2.31. The Labute approximate surface area is 84.3 Å². The molecule has 2 heteroatoms. The molecule has 0 aliphatic carbocycles. The molecule has 0 saturated heterocycles. The predicted molar refractivity (Wildman–Crippen MR) is 56.1 cm³/mol. The summed E-state index contributed by atoms with van der Waals surface area (Å²) in [6.45, 7) is 2.17. The van der Waals surface area contributed by atoms with E-state index in [-0.39, 0.29) is 0 Å². The number of halogens is 2. The van der Waals surface area contributed by atoms with E-state index < -0.39 is 0 Å². The first-order valence-corrected chi connectivity index (χ1v) is 5.35. The van der Waals surface area contributed by atoms with Gasteiger partial charge in [0.25, 0.3) is 0 Å². The number of benzene rings is 1. The molecule has 60 valence electrons. The van der Waals surface area contributed by atoms with Gasteiger partial charge in [-0.05, 0) is 18.1 Å². The molecule has 1 aromatic carbocycles. The van der Waals surface area contributed by atoms with Gasteiger partial charge in [0.2, 0.25) is 0 Å². The van der Waals surface area contributed by atoms with E-state index in [4.69, 9.17) is 0 Å². The van der Waals surface area contributed by atoms with Crippen molar-refractivity contribution in [2.24, 2.45) is 0 Å². The molecule has 1 aromatic rings. The van der Waals surface area contributed by atoms with Crippen LogP contribution in [0, 0.1) is 0 Å². The van der Waals surface area contributed by atoms with Crippen molar-refractivity contribution >= 4 is 31.9 Å². The highest BCUT2D eigenvalue weighted by atomic mass is 79.9. The Kier molecular flexibility index (Phi) is 3.60. The van der Waals surface area contributed by atoms with Gasteiger partial charge >= 0.3 is 0 Å². The summed E-state index contributed by atoms with van der Waals surface area (Å²) in [6, 6.07) is 8.29. The fourth-order valence-corrected chi connectivity index (χ4v) is 2.22. The number of alkyl halides is 1. The molecule has 0 bridgehead atoms. The van der Waals surface area contributed by atoms with Gasteiger partial charge in [0.15, 0.2) is 0 Å². The first-order chi connectivity index (χ1) is 5.25. The molecule has 1 atom stereocenters. The zero-order valence-corrected chi connectivity index (χ0v) is 9.52. The van der Waals surface area contributed by atoms with E-state index in [1.807, 2.05) is 6.07 Å². The SMILES string of the molecule is CCC(Br)c1ccccc1Br. The normalized spacial score (nSPS) is 13.0. The van der Waals surface area contributed by atoms with Crippen LogP contribution in [0.2, 0.25) is 0 Å². The molecule has 0 aromatic heterocycles. The van der Waals surface area contributed by atoms with Crippen LogP contribution in [0.5, 0.6) is 0 Å². The van der Waals surface area contributed by atoms with Gasteiger partial charge in [0.05, 0.1) is 0 Å². The Morgan fingerprint density at radius 3 is 2.55 bits per heavy atom. The van der Waals surface area contributed by atoms with Crippen molar-refractivity contribution in [1.29, 1.82) is 0 Å². The summed E-state index contributed by atoms with van der Waals surface area (Å²) in [5, 5.41) is 0. The van der Waals surface area contributed by atoms with E-state index in [0.717, 1.165) is 6.42 Å². The van der Waals surface area contributed by atoms with E-state index in [0.29, 0.717) is 4.83 Å². The summed E-state index contributed by atoms with van der Waals surface area (Å²) >= 11 is 7.11. The predicted octanol–water partition coefficient (Wildman–Crippen LogP) is 4.30. The van der Waals surface area contributed by atoms with E-state index >= 15 is 0 Å². The van der Waals surface area contributed by atoms with Crippen molar-refractivity contribution < 1.29 is 0 Å². The Bertz CT molecular complexity index is 233. The van der Waals surface area contributed by atoms with E-state index in [9.17, 15) is 0 Å². The van der Waals surface area contributed by atoms with Gasteiger partial charge in [-0.15, -0.1) is 0 Å². The molecule has 0 saturated carbocycles. The molecule has 0 N–H and O–H groups in total. The lowest BCUT2D eigenvalue weighted by molar-refractivity contribution is 0.906. The van der Waals surface area contributed by atoms with Gasteiger partial charge < -0.3 is 0 Å². The fraction of sp³-hybridized carbons (Fsp3) is 0.333. The smallest absolute Gasteiger partial charge is 0.0403 e. The first-order valence-electron chi connectivity index (χ1n) is 3.64. The van der Waals surface area contributed by atoms with Crippen LogP contribution < -0.4 is 0 Å². The van der Waals surface area contributed by atoms with Crippen molar-refractivity contribution in [1.82, 2.24) is 0 Å². The molecule has 0 aliphatic heterocycles. The third-order valence-corrected chi connectivity index (χ3v) is 3.46. The highest BCUT2D eigenvalue weighted by Gasteiger charge is 2.06. The Hall–Kier alpha value is 0.180. The lowest BCUT2D eigenvalue weighted by Gasteiger charge is -2.08. The maximum absolute atomic E-state index is 3.61. The molecule has 0 fully saturated rings. The highest BCUT2D eigenvalue weighted by molar-refractivity contribution is 9.11. The first kappa shape index (κ1) is 9.27. The van der Waals surface area contributed by atoms with Crippen LogP contribution in [0.15, 0.2) is 28.7 Å². The average Bonchev–Trinajstić information content (AvgIpc) is 2.04. The summed E-state index contributed by atoms with van der Waals surface area (Å²) in [6.07, 6.45) is 1.11. The summed E-state index contributed by atoms with van der Waals surface area (Å²) in [5.74, 6) is 0. The lowest BCUT2D eigenvalue weighted by atomic mass is 10.1. The van der Waals surface area contributed by atoms with Crippen LogP contribution in [0.3, 0.4) is 0 Å². The molecular weight excluding hydrogens is 268 g/mol. The lowest BCUT2D eigenvalue weighted by Crippen LogP contribution is -1.87. The third-order valence-electron chi connectivity index (χ3n) is 1.60. The Balaban J connectivity index is 2.93. The van der Waals surface area contributed by atoms with Crippen LogP contribution in [0.1, 0.15) is 23.7 Å². The van der Waals surface area contributed by atoms with Gasteiger partial charge in [-0.25, -0.2) is 0 Å². The maximum Gasteiger partial charge on any atom is 0.0403 e. The standard InChI is InChI=1S/C9H10Br2/c1-2-8(10)7-5-3-4-6-9(7)11/h3-6,8H,2H2,1H3. The molecular formula is C9H10Br2. The summed E-state index contributed by atoms with van der Waals surface area (Å²) < 4.78 is 1.18. The van der Waals surface area contributed by atoms with Gasteiger partial charge in [0.1, 0.15) is 0 Å². The average molecular weight is 278 g/mol. The van der Waals surface area contributed by atoms with Crippen LogP contribution >= 0.6 is 31.9 Å². The van der Waals surface area contributed by atoms with Crippen molar-refractivity contribution in [2.75, 3.05) is 0 Å². The van der Waals surface area contributed by atoms with E-state index in [1.54, 1.807) is 0 Å². The number of rotatable bonds is 2. The molecule has 0 heterocycles. The molecule has 0 spiro atoms. The zero-order valence-electron chi connectivity index (χ0n) is 6.35. The minimum Gasteiger partial charge on any atom is -0.0838 e. The molecule has 0 nitrogen and oxygen atoms in total. The van der Waals surface area contributed by atoms with Gasteiger partial charge in [0, 0.05) is 9.30 Å². The van der Waals surface area contributed by atoms with Gasteiger partial charge in [-0.2, -0.15) is 0 Å². The molecule has 0 amide bonds. The van der Waals surface area contributed by atoms with Crippen LogP contribution in [0.25, 0.3) is 0 Å². The van der Waals surface area contributed by atoms with Crippen LogP contribution in [-0.2, 0) is 0 Å². The number of hydrogen-bond acceptors (Lipinski definition) is 0. The zero-order chi connectivity index (χ0) is 8.27. The summed E-state index contributed by atoms with van der Waals surface area (Å²) in [4.78, 5) is 0.470. The second-order valence-electron chi connectivity index (χ2n) is 2.40. The highest BCUT2D eigenvalue weighted by Crippen LogP contribution is 2.31. The molecule has 11 heavy (non-hydrogen) atoms. The van der Waals surface area contributed by atoms with Crippen LogP contribution in [-0.4, -0.2) is 0 Å². The fourth-order valence-electron chi connectivity index (χ4n) is 0.949. The van der Waals surface area contributed by atoms with E-state index in [1.165, 1.54) is 10.0 Å². The quantitative estimate of drug-likeness (QED) is 0.708. The number of hydrogen-bond donors (Lipinski definition) is 0. The second-order valence-corrected chi connectivity index (χ2v) is 4.36. The van der Waals surface area contributed by atoms with Gasteiger partial charge in [-0.3, -0.25) is 0 Å². The minimum absolute atomic E-state index is 0.470. The maximum atomic E-state index is 3.61. The summed E-state index contributed by atoms with van der Waals surface area (Å²) in [5.41, 5.74) is 1.33. The van der Waals surface area contributed by atoms with Gasteiger partial charge in [-0.1, -0.05) is 57.0 Å². The molecule has 1 unspecified atom stereocenters. The van der Waals surface area contributed by atoms with E-state index in [2.05, 4.69) is 57.0 Å². The topological polar surface area (TPSA) is 0 Å². The minimum atomic E-state index is 0.470. The largest absolute Gasteiger partial charge is 0.0838 e. The molecule has 1 rings (SSSR count). The monoisotopic (exact) mass is 276 g/mol. The Morgan fingerprint density at radius 2 is 2.00 bits per heavy atom. The van der Waals surface area contributed by atoms with Crippen molar-refractivity contribution in [3.05, 3.63) is 34.3 Å². The molecule has 0 radical (unpaired) electrons.